The summed E-state index contributed by atoms with van der Waals surface area (Å²) in [6.45, 7) is 0. The number of aromatic nitrogens is 1. The second-order valence-corrected chi connectivity index (χ2v) is 6.69. The van der Waals surface area contributed by atoms with Crippen LogP contribution in [0.2, 0.25) is 0 Å². The van der Waals surface area contributed by atoms with E-state index in [2.05, 4.69) is 4.98 Å². The van der Waals surface area contributed by atoms with E-state index in [-0.39, 0.29) is 6.10 Å². The zero-order valence-electron chi connectivity index (χ0n) is 9.47. The maximum absolute atomic E-state index is 9.90. The Morgan fingerprint density at radius 2 is 2.25 bits per heavy atom. The topological polar surface area (TPSA) is 33.1 Å². The maximum Gasteiger partial charge on any atom is 0.0950 e. The Morgan fingerprint density at radius 3 is 2.94 bits per heavy atom. The van der Waals surface area contributed by atoms with Crippen molar-refractivity contribution in [2.24, 2.45) is 0 Å². The van der Waals surface area contributed by atoms with Crippen LogP contribution in [0.4, 0.5) is 0 Å². The largest absolute Gasteiger partial charge is 0.392 e. The van der Waals surface area contributed by atoms with Gasteiger partial charge >= 0.3 is 0 Å². The molecule has 0 saturated heterocycles. The van der Waals surface area contributed by atoms with Crippen LogP contribution < -0.4 is 0 Å². The van der Waals surface area contributed by atoms with Gasteiger partial charge in [0, 0.05) is 29.0 Å². The first-order chi connectivity index (χ1) is 7.84. The maximum atomic E-state index is 9.90. The van der Waals surface area contributed by atoms with Gasteiger partial charge in [-0.15, -0.1) is 11.3 Å². The molecule has 1 aromatic rings. The molecule has 1 aliphatic rings. The van der Waals surface area contributed by atoms with E-state index in [9.17, 15) is 5.11 Å². The summed E-state index contributed by atoms with van der Waals surface area (Å²) >= 11 is 3.59. The lowest BCUT2D eigenvalue weighted by Gasteiger charge is -2.22. The van der Waals surface area contributed by atoms with Crippen LogP contribution >= 0.6 is 23.1 Å². The van der Waals surface area contributed by atoms with Crippen molar-refractivity contribution in [3.63, 3.8) is 0 Å². The van der Waals surface area contributed by atoms with Crippen molar-refractivity contribution in [3.8, 4) is 0 Å². The molecular weight excluding hydrogens is 238 g/mol. The lowest BCUT2D eigenvalue weighted by Crippen LogP contribution is -2.17. The third-order valence-electron chi connectivity index (χ3n) is 2.97. The molecule has 1 atom stereocenters. The standard InChI is InChI=1S/C12H19NOS2/c14-10(8-12-13-6-7-15-12)9-16-11-4-2-1-3-5-11/h6-7,10-11,14H,1-5,8-9H2. The fourth-order valence-corrected chi connectivity index (χ4v) is 4.06. The molecule has 2 rings (SSSR count). The summed E-state index contributed by atoms with van der Waals surface area (Å²) in [5.41, 5.74) is 0. The third-order valence-corrected chi connectivity index (χ3v) is 5.29. The highest BCUT2D eigenvalue weighted by molar-refractivity contribution is 7.99. The first kappa shape index (κ1) is 12.4. The average molecular weight is 257 g/mol. The Balaban J connectivity index is 1.65. The summed E-state index contributed by atoms with van der Waals surface area (Å²) in [5, 5.41) is 13.7. The molecule has 1 heterocycles. The van der Waals surface area contributed by atoms with Gasteiger partial charge in [-0.1, -0.05) is 19.3 Å². The Bertz CT molecular complexity index is 283. The quantitative estimate of drug-likeness (QED) is 0.880. The third kappa shape index (κ3) is 4.07. The number of thiazole rings is 1. The summed E-state index contributed by atoms with van der Waals surface area (Å²) < 4.78 is 0. The molecule has 0 spiro atoms. The molecule has 1 aromatic heterocycles. The monoisotopic (exact) mass is 257 g/mol. The van der Waals surface area contributed by atoms with Crippen molar-refractivity contribution in [1.82, 2.24) is 4.98 Å². The molecule has 16 heavy (non-hydrogen) atoms. The SMILES string of the molecule is OC(CSC1CCCCC1)Cc1nccs1. The fraction of sp³-hybridized carbons (Fsp3) is 0.750. The summed E-state index contributed by atoms with van der Waals surface area (Å²) in [4.78, 5) is 4.20. The molecule has 1 aliphatic carbocycles. The molecule has 1 saturated carbocycles. The van der Waals surface area contributed by atoms with Crippen LogP contribution in [0.5, 0.6) is 0 Å². The number of thioether (sulfide) groups is 1. The highest BCUT2D eigenvalue weighted by atomic mass is 32.2. The van der Waals surface area contributed by atoms with Crippen molar-refractivity contribution in [2.45, 2.75) is 49.9 Å². The van der Waals surface area contributed by atoms with Crippen LogP contribution in [-0.2, 0) is 6.42 Å². The van der Waals surface area contributed by atoms with E-state index in [4.69, 9.17) is 0 Å². The Morgan fingerprint density at radius 1 is 1.44 bits per heavy atom. The number of aliphatic hydroxyl groups is 1. The minimum Gasteiger partial charge on any atom is -0.392 e. The molecule has 1 N–H and O–H groups in total. The van der Waals surface area contributed by atoms with E-state index in [1.54, 1.807) is 17.5 Å². The smallest absolute Gasteiger partial charge is 0.0950 e. The normalized spacial score (nSPS) is 19.8. The second-order valence-electron chi connectivity index (χ2n) is 4.38. The van der Waals surface area contributed by atoms with Gasteiger partial charge in [0.15, 0.2) is 0 Å². The van der Waals surface area contributed by atoms with Gasteiger partial charge in [0.1, 0.15) is 0 Å². The van der Waals surface area contributed by atoms with Gasteiger partial charge in [0.2, 0.25) is 0 Å². The molecule has 2 nitrogen and oxygen atoms in total. The zero-order valence-corrected chi connectivity index (χ0v) is 11.1. The van der Waals surface area contributed by atoms with Gasteiger partial charge in [0.25, 0.3) is 0 Å². The van der Waals surface area contributed by atoms with Crippen LogP contribution in [0.1, 0.15) is 37.1 Å². The second kappa shape index (κ2) is 6.62. The van der Waals surface area contributed by atoms with Gasteiger partial charge in [-0.3, -0.25) is 0 Å². The summed E-state index contributed by atoms with van der Waals surface area (Å²) in [7, 11) is 0. The molecule has 0 aromatic carbocycles. The van der Waals surface area contributed by atoms with Gasteiger partial charge in [-0.25, -0.2) is 4.98 Å². The highest BCUT2D eigenvalue weighted by Gasteiger charge is 2.16. The molecule has 1 unspecified atom stereocenters. The molecule has 90 valence electrons. The fourth-order valence-electron chi connectivity index (χ4n) is 2.09. The first-order valence-corrected chi connectivity index (χ1v) is 7.95. The van der Waals surface area contributed by atoms with Crippen molar-refractivity contribution in [2.75, 3.05) is 5.75 Å². The molecule has 0 bridgehead atoms. The number of hydrogen-bond acceptors (Lipinski definition) is 4. The molecule has 1 fully saturated rings. The number of hydrogen-bond donors (Lipinski definition) is 1. The van der Waals surface area contributed by atoms with E-state index in [1.165, 1.54) is 32.1 Å². The van der Waals surface area contributed by atoms with Gasteiger partial charge in [-0.05, 0) is 12.8 Å². The summed E-state index contributed by atoms with van der Waals surface area (Å²) in [5.74, 6) is 0.865. The molecular formula is C12H19NOS2. The average Bonchev–Trinajstić information content (AvgIpc) is 2.81. The predicted octanol–water partition coefficient (Wildman–Crippen LogP) is 3.11. The van der Waals surface area contributed by atoms with Gasteiger partial charge in [-0.2, -0.15) is 11.8 Å². The van der Waals surface area contributed by atoms with Crippen LogP contribution in [0.25, 0.3) is 0 Å². The predicted molar refractivity (Wildman–Crippen MR) is 71.2 cm³/mol. The first-order valence-electron chi connectivity index (χ1n) is 6.02. The molecule has 0 aliphatic heterocycles. The van der Waals surface area contributed by atoms with Crippen molar-refractivity contribution >= 4 is 23.1 Å². The van der Waals surface area contributed by atoms with Crippen LogP contribution in [0, 0.1) is 0 Å². The number of rotatable bonds is 5. The number of aliphatic hydroxyl groups excluding tert-OH is 1. The van der Waals surface area contributed by atoms with Crippen molar-refractivity contribution < 1.29 is 5.11 Å². The van der Waals surface area contributed by atoms with E-state index in [0.717, 1.165) is 22.4 Å². The Labute approximate surface area is 105 Å². The number of nitrogens with zero attached hydrogens (tertiary/aromatic N) is 1. The Kier molecular flexibility index (Phi) is 5.13. The lowest BCUT2D eigenvalue weighted by molar-refractivity contribution is 0.200. The summed E-state index contributed by atoms with van der Waals surface area (Å²) in [6, 6.07) is 0. The van der Waals surface area contributed by atoms with E-state index in [0.29, 0.717) is 0 Å². The Hall–Kier alpha value is -0.0600. The summed E-state index contributed by atoms with van der Waals surface area (Å²) in [6.07, 6.45) is 9.14. The van der Waals surface area contributed by atoms with Crippen molar-refractivity contribution in [1.29, 1.82) is 0 Å². The molecule has 0 amide bonds. The van der Waals surface area contributed by atoms with Gasteiger partial charge < -0.3 is 5.11 Å². The van der Waals surface area contributed by atoms with E-state index in [1.807, 2.05) is 17.1 Å². The minimum absolute atomic E-state index is 0.224. The molecule has 0 radical (unpaired) electrons. The van der Waals surface area contributed by atoms with Crippen LogP contribution in [-0.4, -0.2) is 27.2 Å². The molecule has 4 heteroatoms. The highest BCUT2D eigenvalue weighted by Crippen LogP contribution is 2.28. The minimum atomic E-state index is -0.224. The van der Waals surface area contributed by atoms with E-state index < -0.39 is 0 Å². The lowest BCUT2D eigenvalue weighted by atomic mass is 10.0. The van der Waals surface area contributed by atoms with Crippen LogP contribution in [0.15, 0.2) is 11.6 Å². The van der Waals surface area contributed by atoms with E-state index >= 15 is 0 Å². The van der Waals surface area contributed by atoms with Gasteiger partial charge in [0.05, 0.1) is 11.1 Å². The zero-order chi connectivity index (χ0) is 11.2. The van der Waals surface area contributed by atoms with Crippen LogP contribution in [0.3, 0.4) is 0 Å². The van der Waals surface area contributed by atoms with Crippen molar-refractivity contribution in [3.05, 3.63) is 16.6 Å².